The summed E-state index contributed by atoms with van der Waals surface area (Å²) in [6, 6.07) is 7.18. The van der Waals surface area contributed by atoms with Crippen molar-refractivity contribution in [2.45, 2.75) is 13.3 Å². The Kier molecular flexibility index (Phi) is 3.50. The highest BCUT2D eigenvalue weighted by Gasteiger charge is 2.16. The number of aryl methyl sites for hydroxylation is 1. The zero-order valence-corrected chi connectivity index (χ0v) is 10.8. The van der Waals surface area contributed by atoms with E-state index in [2.05, 4.69) is 6.92 Å². The van der Waals surface area contributed by atoms with E-state index in [0.717, 1.165) is 11.3 Å². The Morgan fingerprint density at radius 3 is 2.82 bits per heavy atom. The second-order valence-corrected chi connectivity index (χ2v) is 4.96. The number of aromatic carboxylic acids is 1. The molecule has 0 aliphatic heterocycles. The van der Waals surface area contributed by atoms with Crippen LogP contribution in [0.3, 0.4) is 0 Å². The lowest BCUT2D eigenvalue weighted by molar-refractivity contribution is 0.0698. The molecule has 0 saturated carbocycles. The first kappa shape index (κ1) is 12.1. The van der Waals surface area contributed by atoms with Crippen molar-refractivity contribution in [2.75, 3.05) is 0 Å². The highest BCUT2D eigenvalue weighted by molar-refractivity contribution is 7.13. The molecule has 0 spiro atoms. The summed E-state index contributed by atoms with van der Waals surface area (Å²) in [5.41, 5.74) is 2.08. The molecule has 2 rings (SSSR count). The maximum Gasteiger partial charge on any atom is 0.337 e. The van der Waals surface area contributed by atoms with E-state index in [1.54, 1.807) is 29.5 Å². The average molecular weight is 267 g/mol. The molecular formula is C13H11ClO2S. The first-order valence-electron chi connectivity index (χ1n) is 5.23. The minimum absolute atomic E-state index is 0.179. The van der Waals surface area contributed by atoms with Crippen molar-refractivity contribution in [1.82, 2.24) is 0 Å². The first-order chi connectivity index (χ1) is 8.13. The molecule has 1 aromatic carbocycles. The van der Waals surface area contributed by atoms with Crippen LogP contribution in [-0.2, 0) is 6.42 Å². The molecule has 88 valence electrons. The summed E-state index contributed by atoms with van der Waals surface area (Å²) >= 11 is 7.48. The molecule has 2 aromatic rings. The number of benzene rings is 1. The van der Waals surface area contributed by atoms with Gasteiger partial charge in [-0.05, 0) is 29.5 Å². The van der Waals surface area contributed by atoms with E-state index in [9.17, 15) is 9.90 Å². The van der Waals surface area contributed by atoms with Crippen molar-refractivity contribution < 1.29 is 9.90 Å². The smallest absolute Gasteiger partial charge is 0.337 e. The van der Waals surface area contributed by atoms with E-state index in [4.69, 9.17) is 11.6 Å². The molecule has 0 atom stereocenters. The number of carboxylic acid groups (broad SMARTS) is 1. The van der Waals surface area contributed by atoms with E-state index >= 15 is 0 Å². The first-order valence-corrected chi connectivity index (χ1v) is 6.48. The Balaban J connectivity index is 2.58. The summed E-state index contributed by atoms with van der Waals surface area (Å²) in [7, 11) is 0. The van der Waals surface area contributed by atoms with Gasteiger partial charge in [0.05, 0.1) is 10.6 Å². The predicted molar refractivity (Wildman–Crippen MR) is 71.1 cm³/mol. The van der Waals surface area contributed by atoms with Crippen LogP contribution in [-0.4, -0.2) is 11.1 Å². The van der Waals surface area contributed by atoms with Crippen molar-refractivity contribution in [3.8, 4) is 10.4 Å². The van der Waals surface area contributed by atoms with Gasteiger partial charge in [0, 0.05) is 10.4 Å². The Labute approximate surface area is 108 Å². The maximum absolute atomic E-state index is 11.2. The van der Waals surface area contributed by atoms with Gasteiger partial charge in [-0.15, -0.1) is 11.3 Å². The highest BCUT2D eigenvalue weighted by atomic mass is 35.5. The molecular weight excluding hydrogens is 256 g/mol. The quantitative estimate of drug-likeness (QED) is 0.898. The number of hydrogen-bond acceptors (Lipinski definition) is 2. The molecule has 1 aromatic heterocycles. The number of carboxylic acids is 1. The Morgan fingerprint density at radius 1 is 1.47 bits per heavy atom. The van der Waals surface area contributed by atoms with Crippen molar-refractivity contribution in [3.63, 3.8) is 0 Å². The van der Waals surface area contributed by atoms with Crippen LogP contribution in [0.15, 0.2) is 29.6 Å². The highest BCUT2D eigenvalue weighted by Crippen LogP contribution is 2.33. The van der Waals surface area contributed by atoms with Gasteiger partial charge in [0.25, 0.3) is 0 Å². The summed E-state index contributed by atoms with van der Waals surface area (Å²) in [5.74, 6) is -0.989. The second kappa shape index (κ2) is 4.90. The Hall–Kier alpha value is -1.32. The third kappa shape index (κ3) is 2.35. The zero-order chi connectivity index (χ0) is 12.4. The summed E-state index contributed by atoms with van der Waals surface area (Å²) in [4.78, 5) is 12.2. The molecule has 0 radical (unpaired) electrons. The minimum atomic E-state index is -0.989. The van der Waals surface area contributed by atoms with Gasteiger partial charge >= 0.3 is 5.97 Å². The van der Waals surface area contributed by atoms with Crippen molar-refractivity contribution >= 4 is 28.9 Å². The number of halogens is 1. The minimum Gasteiger partial charge on any atom is -0.478 e. The van der Waals surface area contributed by atoms with Gasteiger partial charge in [0.15, 0.2) is 0 Å². The van der Waals surface area contributed by atoms with E-state index in [-0.39, 0.29) is 10.6 Å². The molecule has 0 amide bonds. The summed E-state index contributed by atoms with van der Waals surface area (Å²) in [6.07, 6.45) is 0.944. The molecule has 1 N–H and O–H groups in total. The molecule has 0 saturated heterocycles. The number of carbonyl (C=O) groups is 1. The van der Waals surface area contributed by atoms with Crippen molar-refractivity contribution in [3.05, 3.63) is 45.8 Å². The van der Waals surface area contributed by atoms with Gasteiger partial charge in [-0.25, -0.2) is 4.79 Å². The van der Waals surface area contributed by atoms with Gasteiger partial charge < -0.3 is 5.11 Å². The molecule has 1 heterocycles. The van der Waals surface area contributed by atoms with Gasteiger partial charge in [-0.1, -0.05) is 30.7 Å². The summed E-state index contributed by atoms with van der Waals surface area (Å²) in [6.45, 7) is 2.07. The third-order valence-electron chi connectivity index (χ3n) is 2.55. The van der Waals surface area contributed by atoms with Crippen LogP contribution in [0.1, 0.15) is 22.8 Å². The van der Waals surface area contributed by atoms with Gasteiger partial charge in [-0.2, -0.15) is 0 Å². The van der Waals surface area contributed by atoms with Crippen molar-refractivity contribution in [2.24, 2.45) is 0 Å². The monoisotopic (exact) mass is 266 g/mol. The van der Waals surface area contributed by atoms with Crippen LogP contribution < -0.4 is 0 Å². The van der Waals surface area contributed by atoms with Gasteiger partial charge in [0.2, 0.25) is 0 Å². The molecule has 17 heavy (non-hydrogen) atoms. The fourth-order valence-electron chi connectivity index (χ4n) is 1.65. The van der Waals surface area contributed by atoms with Crippen LogP contribution in [0.25, 0.3) is 10.4 Å². The van der Waals surface area contributed by atoms with Crippen LogP contribution >= 0.6 is 22.9 Å². The van der Waals surface area contributed by atoms with Crippen LogP contribution in [0.5, 0.6) is 0 Å². The third-order valence-corrected chi connectivity index (χ3v) is 3.88. The molecule has 0 bridgehead atoms. The fourth-order valence-corrected chi connectivity index (χ4v) is 2.93. The molecule has 0 aliphatic carbocycles. The van der Waals surface area contributed by atoms with Crippen molar-refractivity contribution in [1.29, 1.82) is 0 Å². The number of hydrogen-bond donors (Lipinski definition) is 1. The standard InChI is InChI=1S/C13H11ClO2S/c1-2-8-6-11(17-7-8)9-4-3-5-10(14)12(9)13(15)16/h3-7H,2H2,1H3,(H,15,16). The summed E-state index contributed by atoms with van der Waals surface area (Å²) < 4.78 is 0. The molecule has 4 heteroatoms. The van der Waals surface area contributed by atoms with E-state index < -0.39 is 5.97 Å². The molecule has 0 unspecified atom stereocenters. The van der Waals surface area contributed by atoms with E-state index in [1.165, 1.54) is 5.56 Å². The largest absolute Gasteiger partial charge is 0.478 e. The van der Waals surface area contributed by atoms with Crippen LogP contribution in [0, 0.1) is 0 Å². The lowest BCUT2D eigenvalue weighted by Gasteiger charge is -2.05. The van der Waals surface area contributed by atoms with E-state index in [0.29, 0.717) is 5.56 Å². The van der Waals surface area contributed by atoms with Gasteiger partial charge in [-0.3, -0.25) is 0 Å². The Morgan fingerprint density at radius 2 is 2.24 bits per heavy atom. The fraction of sp³-hybridized carbons (Fsp3) is 0.154. The second-order valence-electron chi connectivity index (χ2n) is 3.64. The van der Waals surface area contributed by atoms with Crippen LogP contribution in [0.4, 0.5) is 0 Å². The predicted octanol–water partition coefficient (Wildman–Crippen LogP) is 4.33. The van der Waals surface area contributed by atoms with E-state index in [1.807, 2.05) is 11.4 Å². The average Bonchev–Trinajstić information content (AvgIpc) is 2.76. The molecule has 2 nitrogen and oxygen atoms in total. The van der Waals surface area contributed by atoms with Gasteiger partial charge in [0.1, 0.15) is 0 Å². The Bertz CT molecular complexity index is 560. The SMILES string of the molecule is CCc1csc(-c2cccc(Cl)c2C(=O)O)c1. The van der Waals surface area contributed by atoms with Crippen LogP contribution in [0.2, 0.25) is 5.02 Å². The maximum atomic E-state index is 11.2. The number of rotatable bonds is 3. The summed E-state index contributed by atoms with van der Waals surface area (Å²) in [5, 5.41) is 11.5. The normalized spacial score (nSPS) is 10.5. The lowest BCUT2D eigenvalue weighted by atomic mass is 10.1. The number of thiophene rings is 1. The molecule has 0 aliphatic rings. The zero-order valence-electron chi connectivity index (χ0n) is 9.24. The lowest BCUT2D eigenvalue weighted by Crippen LogP contribution is -1.99. The topological polar surface area (TPSA) is 37.3 Å². The molecule has 0 fully saturated rings.